The zero-order chi connectivity index (χ0) is 15.3. The first-order valence-electron chi connectivity index (χ1n) is 5.92. The molecule has 0 atom stereocenters. The quantitative estimate of drug-likeness (QED) is 0.669. The number of rotatable bonds is 6. The lowest BCUT2D eigenvalue weighted by molar-refractivity contribution is -0.137. The number of aliphatic carboxylic acids is 1. The first-order valence-corrected chi connectivity index (χ1v) is 7.79. The smallest absolute Gasteiger partial charge is 0.323 e. The Balaban J connectivity index is 2.96. The molecule has 5 nitrogen and oxygen atoms in total. The van der Waals surface area contributed by atoms with E-state index in [1.54, 1.807) is 6.07 Å². The van der Waals surface area contributed by atoms with Gasteiger partial charge in [-0.15, -0.1) is 0 Å². The van der Waals surface area contributed by atoms with Gasteiger partial charge in [0, 0.05) is 21.1 Å². The molecule has 0 saturated heterocycles. The van der Waals surface area contributed by atoms with Crippen molar-refractivity contribution in [2.24, 2.45) is 0 Å². The van der Waals surface area contributed by atoms with Crippen LogP contribution in [0, 0.1) is 3.57 Å². The second-order valence-corrected chi connectivity index (χ2v) is 6.63. The van der Waals surface area contributed by atoms with E-state index in [2.05, 4.69) is 38.5 Å². The molecule has 0 aliphatic heterocycles. The van der Waals surface area contributed by atoms with E-state index in [0.29, 0.717) is 18.7 Å². The molecule has 1 amide bonds. The van der Waals surface area contributed by atoms with E-state index < -0.39 is 5.97 Å². The van der Waals surface area contributed by atoms with Crippen molar-refractivity contribution >= 4 is 50.4 Å². The molecule has 0 fully saturated rings. The second kappa shape index (κ2) is 7.94. The van der Waals surface area contributed by atoms with Gasteiger partial charge in [-0.1, -0.05) is 15.9 Å². The Hall–Kier alpha value is -0.670. The second-order valence-electron chi connectivity index (χ2n) is 4.55. The molecular weight excluding hydrogens is 439 g/mol. The molecular formula is C13H16BrIN2O3. The molecule has 0 aliphatic rings. The molecule has 0 bridgehead atoms. The largest absolute Gasteiger partial charge is 0.480 e. The maximum Gasteiger partial charge on any atom is 0.323 e. The summed E-state index contributed by atoms with van der Waals surface area (Å²) in [6.45, 7) is 0.694. The summed E-state index contributed by atoms with van der Waals surface area (Å²) in [4.78, 5) is 26.7. The number of carboxylic acid groups (broad SMARTS) is 1. The van der Waals surface area contributed by atoms with Crippen LogP contribution in [-0.2, 0) is 4.79 Å². The minimum absolute atomic E-state index is 0.264. The summed E-state index contributed by atoms with van der Waals surface area (Å²) >= 11 is 5.40. The Morgan fingerprint density at radius 3 is 2.50 bits per heavy atom. The van der Waals surface area contributed by atoms with Gasteiger partial charge in [-0.05, 0) is 54.9 Å². The minimum Gasteiger partial charge on any atom is -0.480 e. The summed E-state index contributed by atoms with van der Waals surface area (Å²) in [6.07, 6.45) is 0. The molecule has 0 aliphatic carbocycles. The van der Waals surface area contributed by atoms with Crippen LogP contribution in [0.15, 0.2) is 22.7 Å². The van der Waals surface area contributed by atoms with Gasteiger partial charge in [-0.25, -0.2) is 0 Å². The van der Waals surface area contributed by atoms with Crippen LogP contribution in [0.3, 0.4) is 0 Å². The highest BCUT2D eigenvalue weighted by Crippen LogP contribution is 2.20. The van der Waals surface area contributed by atoms with Gasteiger partial charge in [-0.2, -0.15) is 0 Å². The zero-order valence-corrected chi connectivity index (χ0v) is 15.0. The first-order chi connectivity index (χ1) is 9.31. The number of carbonyl (C=O) groups is 2. The van der Waals surface area contributed by atoms with E-state index in [1.165, 1.54) is 4.90 Å². The fourth-order valence-corrected chi connectivity index (χ4v) is 2.50. The van der Waals surface area contributed by atoms with E-state index in [4.69, 9.17) is 5.11 Å². The predicted octanol–water partition coefficient (Wildman–Crippen LogP) is 2.14. The van der Waals surface area contributed by atoms with E-state index in [-0.39, 0.29) is 12.5 Å². The number of amides is 1. The lowest BCUT2D eigenvalue weighted by atomic mass is 10.2. The number of benzene rings is 1. The number of halogens is 2. The average Bonchev–Trinajstić information content (AvgIpc) is 2.36. The standard InChI is InChI=1S/C13H16BrIN2O3/c1-16(2)5-6-17(8-12(18)19)13(20)10-7-9(14)3-4-11(10)15/h3-4,7H,5-6,8H2,1-2H3,(H,18,19). The molecule has 20 heavy (non-hydrogen) atoms. The van der Waals surface area contributed by atoms with Crippen molar-refractivity contribution in [3.05, 3.63) is 31.8 Å². The number of likely N-dealkylation sites (N-methyl/N-ethyl adjacent to an activating group) is 1. The summed E-state index contributed by atoms with van der Waals surface area (Å²) in [5.74, 6) is -1.28. The third kappa shape index (κ3) is 5.37. The summed E-state index contributed by atoms with van der Waals surface area (Å²) in [7, 11) is 3.76. The van der Waals surface area contributed by atoms with E-state index in [9.17, 15) is 9.59 Å². The zero-order valence-electron chi connectivity index (χ0n) is 11.3. The highest BCUT2D eigenvalue weighted by molar-refractivity contribution is 14.1. The van der Waals surface area contributed by atoms with Crippen molar-refractivity contribution in [3.8, 4) is 0 Å². The molecule has 0 saturated carbocycles. The van der Waals surface area contributed by atoms with Crippen LogP contribution in [0.1, 0.15) is 10.4 Å². The van der Waals surface area contributed by atoms with Crippen molar-refractivity contribution in [3.63, 3.8) is 0 Å². The van der Waals surface area contributed by atoms with Crippen molar-refractivity contribution in [2.75, 3.05) is 33.7 Å². The van der Waals surface area contributed by atoms with Crippen molar-refractivity contribution in [1.29, 1.82) is 0 Å². The van der Waals surface area contributed by atoms with Crippen molar-refractivity contribution in [2.45, 2.75) is 0 Å². The number of nitrogens with zero attached hydrogens (tertiary/aromatic N) is 2. The highest BCUT2D eigenvalue weighted by atomic mass is 127. The third-order valence-electron chi connectivity index (χ3n) is 2.59. The number of hydrogen-bond donors (Lipinski definition) is 1. The van der Waals surface area contributed by atoms with Crippen molar-refractivity contribution < 1.29 is 14.7 Å². The molecule has 1 aromatic rings. The molecule has 0 heterocycles. The molecule has 0 radical (unpaired) electrons. The van der Waals surface area contributed by atoms with Crippen LogP contribution in [0.4, 0.5) is 0 Å². The lowest BCUT2D eigenvalue weighted by Gasteiger charge is -2.23. The SMILES string of the molecule is CN(C)CCN(CC(=O)O)C(=O)c1cc(Br)ccc1I. The van der Waals surface area contributed by atoms with E-state index >= 15 is 0 Å². The Bertz CT molecular complexity index is 508. The van der Waals surface area contributed by atoms with E-state index in [1.807, 2.05) is 31.1 Å². The molecule has 110 valence electrons. The minimum atomic E-state index is -1.01. The van der Waals surface area contributed by atoms with Gasteiger partial charge in [0.05, 0.1) is 5.56 Å². The number of carbonyl (C=O) groups excluding carboxylic acids is 1. The van der Waals surface area contributed by atoms with Gasteiger partial charge in [0.15, 0.2) is 0 Å². The molecule has 1 aromatic carbocycles. The molecule has 1 rings (SSSR count). The monoisotopic (exact) mass is 454 g/mol. The molecule has 0 spiro atoms. The van der Waals surface area contributed by atoms with Gasteiger partial charge >= 0.3 is 5.97 Å². The number of hydrogen-bond acceptors (Lipinski definition) is 3. The Labute approximate surface area is 140 Å². The molecule has 0 unspecified atom stereocenters. The topological polar surface area (TPSA) is 60.9 Å². The molecule has 0 aromatic heterocycles. The Kier molecular flexibility index (Phi) is 6.90. The molecule has 7 heteroatoms. The maximum absolute atomic E-state index is 12.5. The van der Waals surface area contributed by atoms with Gasteiger partial charge < -0.3 is 14.9 Å². The van der Waals surface area contributed by atoms with Crippen LogP contribution >= 0.6 is 38.5 Å². The Morgan fingerprint density at radius 2 is 1.95 bits per heavy atom. The Morgan fingerprint density at radius 1 is 1.30 bits per heavy atom. The van der Waals surface area contributed by atoms with Crippen LogP contribution in [0.5, 0.6) is 0 Å². The van der Waals surface area contributed by atoms with Gasteiger partial charge in [0.25, 0.3) is 5.91 Å². The predicted molar refractivity (Wildman–Crippen MR) is 89.0 cm³/mol. The number of carboxylic acids is 1. The fraction of sp³-hybridized carbons (Fsp3) is 0.385. The van der Waals surface area contributed by atoms with Crippen LogP contribution < -0.4 is 0 Å². The highest BCUT2D eigenvalue weighted by Gasteiger charge is 2.20. The van der Waals surface area contributed by atoms with Crippen LogP contribution in [0.25, 0.3) is 0 Å². The van der Waals surface area contributed by atoms with Gasteiger partial charge in [-0.3, -0.25) is 9.59 Å². The van der Waals surface area contributed by atoms with Crippen molar-refractivity contribution in [1.82, 2.24) is 9.80 Å². The van der Waals surface area contributed by atoms with Gasteiger partial charge in [0.2, 0.25) is 0 Å². The summed E-state index contributed by atoms with van der Waals surface area (Å²) in [6, 6.07) is 5.39. The first kappa shape index (κ1) is 17.4. The fourth-order valence-electron chi connectivity index (χ4n) is 1.57. The average molecular weight is 455 g/mol. The normalized spacial score (nSPS) is 10.7. The summed E-state index contributed by atoms with van der Waals surface area (Å²) < 4.78 is 1.60. The summed E-state index contributed by atoms with van der Waals surface area (Å²) in [5, 5.41) is 8.95. The van der Waals surface area contributed by atoms with Crippen LogP contribution in [-0.4, -0.2) is 60.5 Å². The van der Waals surface area contributed by atoms with E-state index in [0.717, 1.165) is 8.04 Å². The molecule has 1 N–H and O–H groups in total. The third-order valence-corrected chi connectivity index (χ3v) is 4.02. The van der Waals surface area contributed by atoms with Crippen LogP contribution in [0.2, 0.25) is 0 Å². The van der Waals surface area contributed by atoms with Gasteiger partial charge in [0.1, 0.15) is 6.54 Å². The lowest BCUT2D eigenvalue weighted by Crippen LogP contribution is -2.40. The maximum atomic E-state index is 12.5. The summed E-state index contributed by atoms with van der Waals surface area (Å²) in [5.41, 5.74) is 0.514.